The van der Waals surface area contributed by atoms with Crippen molar-refractivity contribution in [3.63, 3.8) is 0 Å². The number of ether oxygens (including phenoxy) is 1. The number of rotatable bonds is 2. The van der Waals surface area contributed by atoms with E-state index in [0.29, 0.717) is 17.5 Å². The van der Waals surface area contributed by atoms with Gasteiger partial charge in [0.15, 0.2) is 0 Å². The fraction of sp³-hybridized carbons (Fsp3) is 0.636. The molecule has 1 heterocycles. The number of aromatic nitrogens is 2. The van der Waals surface area contributed by atoms with Crippen molar-refractivity contribution < 1.29 is 4.74 Å². The lowest BCUT2D eigenvalue weighted by Gasteiger charge is -2.28. The Kier molecular flexibility index (Phi) is 3.04. The maximum atomic E-state index is 5.82. The summed E-state index contributed by atoms with van der Waals surface area (Å²) in [5, 5.41) is 0. The topological polar surface area (TPSA) is 61.0 Å². The number of hydrogen-bond acceptors (Lipinski definition) is 4. The number of anilines is 1. The number of hydrogen-bond donors (Lipinski definition) is 1. The van der Waals surface area contributed by atoms with Crippen molar-refractivity contribution in [2.24, 2.45) is 5.92 Å². The average Bonchev–Trinajstić information content (AvgIpc) is 2.24. The molecule has 4 nitrogen and oxygen atoms in total. The molecular weight excluding hydrogens is 190 g/mol. The zero-order valence-electron chi connectivity index (χ0n) is 9.02. The summed E-state index contributed by atoms with van der Waals surface area (Å²) in [6.45, 7) is 2.22. The van der Waals surface area contributed by atoms with Crippen LogP contribution in [0.5, 0.6) is 5.88 Å². The van der Waals surface area contributed by atoms with Crippen molar-refractivity contribution in [2.75, 3.05) is 5.73 Å². The van der Waals surface area contributed by atoms with Crippen LogP contribution in [0.1, 0.15) is 32.6 Å². The molecule has 0 amide bonds. The van der Waals surface area contributed by atoms with Gasteiger partial charge in [0.25, 0.3) is 0 Å². The second kappa shape index (κ2) is 4.47. The molecule has 1 fully saturated rings. The molecule has 1 aromatic rings. The van der Waals surface area contributed by atoms with E-state index in [-0.39, 0.29) is 6.10 Å². The van der Waals surface area contributed by atoms with E-state index in [1.54, 1.807) is 6.20 Å². The summed E-state index contributed by atoms with van der Waals surface area (Å²) in [4.78, 5) is 7.89. The Balaban J connectivity index is 2.04. The number of nitrogen functional groups attached to an aromatic ring is 1. The first-order valence-electron chi connectivity index (χ1n) is 5.49. The first-order chi connectivity index (χ1) is 7.27. The molecule has 0 spiro atoms. The molecule has 4 heteroatoms. The highest BCUT2D eigenvalue weighted by atomic mass is 16.5. The van der Waals surface area contributed by atoms with Gasteiger partial charge in [-0.2, -0.15) is 4.98 Å². The van der Waals surface area contributed by atoms with Crippen molar-refractivity contribution >= 4 is 5.69 Å². The molecule has 0 bridgehead atoms. The maximum absolute atomic E-state index is 5.82. The van der Waals surface area contributed by atoms with Crippen LogP contribution in [0.2, 0.25) is 0 Å². The molecule has 0 aliphatic heterocycles. The minimum atomic E-state index is 0.260. The fourth-order valence-corrected chi connectivity index (χ4v) is 2.03. The van der Waals surface area contributed by atoms with Gasteiger partial charge < -0.3 is 10.5 Å². The Labute approximate surface area is 89.9 Å². The highest BCUT2D eigenvalue weighted by Crippen LogP contribution is 2.28. The summed E-state index contributed by atoms with van der Waals surface area (Å²) >= 11 is 0. The van der Waals surface area contributed by atoms with Gasteiger partial charge in [-0.15, -0.1) is 0 Å². The van der Waals surface area contributed by atoms with Crippen LogP contribution in [0, 0.1) is 5.92 Å². The number of nitrogens with two attached hydrogens (primary N) is 1. The monoisotopic (exact) mass is 207 g/mol. The van der Waals surface area contributed by atoms with Crippen molar-refractivity contribution in [3.05, 3.63) is 12.5 Å². The summed E-state index contributed by atoms with van der Waals surface area (Å²) in [5.74, 6) is 1.12. The second-order valence-corrected chi connectivity index (χ2v) is 4.20. The van der Waals surface area contributed by atoms with Crippen molar-refractivity contribution in [1.82, 2.24) is 9.97 Å². The normalized spacial score (nSPS) is 26.2. The van der Waals surface area contributed by atoms with E-state index in [9.17, 15) is 0 Å². The van der Waals surface area contributed by atoms with Crippen LogP contribution >= 0.6 is 0 Å². The maximum Gasteiger partial charge on any atom is 0.240 e. The zero-order valence-corrected chi connectivity index (χ0v) is 9.02. The van der Waals surface area contributed by atoms with Gasteiger partial charge in [0.2, 0.25) is 5.88 Å². The summed E-state index contributed by atoms with van der Waals surface area (Å²) < 4.78 is 5.82. The van der Waals surface area contributed by atoms with E-state index in [0.717, 1.165) is 6.42 Å². The van der Waals surface area contributed by atoms with E-state index < -0.39 is 0 Å². The standard InChI is InChI=1S/C11H17N3O/c1-8-4-2-3-5-10(8)15-11-9(12)6-13-7-14-11/h6-8,10H,2-5,12H2,1H3. The summed E-state index contributed by atoms with van der Waals surface area (Å²) in [5.41, 5.74) is 6.26. The van der Waals surface area contributed by atoms with Crippen LogP contribution in [-0.4, -0.2) is 16.1 Å². The lowest BCUT2D eigenvalue weighted by atomic mass is 9.88. The molecule has 1 saturated carbocycles. The van der Waals surface area contributed by atoms with Crippen LogP contribution in [0.25, 0.3) is 0 Å². The van der Waals surface area contributed by atoms with E-state index in [2.05, 4.69) is 16.9 Å². The van der Waals surface area contributed by atoms with Crippen LogP contribution in [0.3, 0.4) is 0 Å². The molecule has 0 saturated heterocycles. The Morgan fingerprint density at radius 1 is 1.40 bits per heavy atom. The van der Waals surface area contributed by atoms with Gasteiger partial charge in [0, 0.05) is 0 Å². The Morgan fingerprint density at radius 3 is 2.93 bits per heavy atom. The Bertz CT molecular complexity index is 329. The quantitative estimate of drug-likeness (QED) is 0.805. The SMILES string of the molecule is CC1CCCCC1Oc1ncncc1N. The highest BCUT2D eigenvalue weighted by molar-refractivity contribution is 5.44. The number of nitrogens with zero attached hydrogens (tertiary/aromatic N) is 2. The van der Waals surface area contributed by atoms with Gasteiger partial charge in [0.05, 0.1) is 6.20 Å². The molecule has 0 radical (unpaired) electrons. The van der Waals surface area contributed by atoms with Gasteiger partial charge in [-0.3, -0.25) is 0 Å². The summed E-state index contributed by atoms with van der Waals surface area (Å²) in [6.07, 6.45) is 8.19. The predicted octanol–water partition coefficient (Wildman–Crippen LogP) is 2.02. The third-order valence-corrected chi connectivity index (χ3v) is 3.00. The summed E-state index contributed by atoms with van der Waals surface area (Å²) in [7, 11) is 0. The molecular formula is C11H17N3O. The van der Waals surface area contributed by atoms with Gasteiger partial charge in [-0.1, -0.05) is 13.3 Å². The van der Waals surface area contributed by atoms with Crippen LogP contribution in [0.15, 0.2) is 12.5 Å². The van der Waals surface area contributed by atoms with E-state index >= 15 is 0 Å². The zero-order chi connectivity index (χ0) is 10.7. The molecule has 2 rings (SSSR count). The van der Waals surface area contributed by atoms with Gasteiger partial charge >= 0.3 is 0 Å². The largest absolute Gasteiger partial charge is 0.473 e. The minimum absolute atomic E-state index is 0.260. The molecule has 1 aromatic heterocycles. The van der Waals surface area contributed by atoms with Crippen LogP contribution < -0.4 is 10.5 Å². The molecule has 15 heavy (non-hydrogen) atoms. The highest BCUT2D eigenvalue weighted by Gasteiger charge is 2.23. The van der Waals surface area contributed by atoms with Crippen molar-refractivity contribution in [1.29, 1.82) is 0 Å². The molecule has 2 N–H and O–H groups in total. The molecule has 1 aliphatic rings. The van der Waals surface area contributed by atoms with Gasteiger partial charge in [-0.05, 0) is 25.2 Å². The van der Waals surface area contributed by atoms with Gasteiger partial charge in [0.1, 0.15) is 18.1 Å². The average molecular weight is 207 g/mol. The second-order valence-electron chi connectivity index (χ2n) is 4.20. The molecule has 2 unspecified atom stereocenters. The first-order valence-corrected chi connectivity index (χ1v) is 5.49. The Hall–Kier alpha value is -1.32. The van der Waals surface area contributed by atoms with E-state index in [1.165, 1.54) is 25.6 Å². The van der Waals surface area contributed by atoms with Gasteiger partial charge in [-0.25, -0.2) is 4.98 Å². The lowest BCUT2D eigenvalue weighted by molar-refractivity contribution is 0.0983. The summed E-state index contributed by atoms with van der Waals surface area (Å²) in [6, 6.07) is 0. The third kappa shape index (κ3) is 2.37. The molecule has 1 aliphatic carbocycles. The predicted molar refractivity (Wildman–Crippen MR) is 58.5 cm³/mol. The van der Waals surface area contributed by atoms with E-state index in [1.807, 2.05) is 0 Å². The van der Waals surface area contributed by atoms with Crippen molar-refractivity contribution in [2.45, 2.75) is 38.7 Å². The van der Waals surface area contributed by atoms with E-state index in [4.69, 9.17) is 10.5 Å². The third-order valence-electron chi connectivity index (χ3n) is 3.00. The lowest BCUT2D eigenvalue weighted by Crippen LogP contribution is -2.28. The van der Waals surface area contributed by atoms with Crippen LogP contribution in [-0.2, 0) is 0 Å². The molecule has 2 atom stereocenters. The fourth-order valence-electron chi connectivity index (χ4n) is 2.03. The van der Waals surface area contributed by atoms with Crippen molar-refractivity contribution in [3.8, 4) is 5.88 Å². The minimum Gasteiger partial charge on any atom is -0.473 e. The smallest absolute Gasteiger partial charge is 0.240 e. The van der Waals surface area contributed by atoms with Crippen LogP contribution in [0.4, 0.5) is 5.69 Å². The first kappa shape index (κ1) is 10.2. The molecule has 0 aromatic carbocycles. The Morgan fingerprint density at radius 2 is 2.20 bits per heavy atom. The molecule has 82 valence electrons.